The Morgan fingerprint density at radius 1 is 0.426 bits per heavy atom. The zero-order valence-electron chi connectivity index (χ0n) is 25.1. The van der Waals surface area contributed by atoms with Gasteiger partial charge >= 0.3 is 0 Å². The molecule has 0 atom stereocenters. The van der Waals surface area contributed by atoms with Gasteiger partial charge in [0.25, 0.3) is 0 Å². The van der Waals surface area contributed by atoms with Gasteiger partial charge in [-0.3, -0.25) is 0 Å². The number of rotatable bonds is 3. The van der Waals surface area contributed by atoms with E-state index in [9.17, 15) is 0 Å². The molecule has 1 aliphatic carbocycles. The van der Waals surface area contributed by atoms with E-state index in [1.54, 1.807) is 11.3 Å². The van der Waals surface area contributed by atoms with E-state index >= 15 is 0 Å². The van der Waals surface area contributed by atoms with Crippen LogP contribution in [0.15, 0.2) is 161 Å². The van der Waals surface area contributed by atoms with Crippen LogP contribution in [0.2, 0.25) is 0 Å². The maximum absolute atomic E-state index is 5.22. The fraction of sp³-hybridized carbons (Fsp3) is 0.0238. The Morgan fingerprint density at radius 2 is 0.979 bits per heavy atom. The normalized spacial score (nSPS) is 13.6. The monoisotopic (exact) mass is 635 g/mol. The average Bonchev–Trinajstić information content (AvgIpc) is 3.74. The maximum Gasteiger partial charge on any atom is 0.164 e. The molecule has 0 amide bonds. The van der Waals surface area contributed by atoms with Crippen molar-refractivity contribution in [3.63, 3.8) is 0 Å². The van der Waals surface area contributed by atoms with Crippen molar-refractivity contribution in [1.82, 2.24) is 15.0 Å². The zero-order chi connectivity index (χ0) is 31.0. The second-order valence-corrected chi connectivity index (χ2v) is 14.0. The molecule has 10 rings (SSSR count). The van der Waals surface area contributed by atoms with Gasteiger partial charge in [0.1, 0.15) is 0 Å². The van der Waals surface area contributed by atoms with Crippen LogP contribution in [0.1, 0.15) is 22.3 Å². The van der Waals surface area contributed by atoms with Crippen LogP contribution in [0.5, 0.6) is 0 Å². The van der Waals surface area contributed by atoms with E-state index in [2.05, 4.69) is 115 Å². The molecule has 3 heterocycles. The van der Waals surface area contributed by atoms with Crippen LogP contribution in [0, 0.1) is 0 Å². The van der Waals surface area contributed by atoms with Gasteiger partial charge in [-0.05, 0) is 63.0 Å². The summed E-state index contributed by atoms with van der Waals surface area (Å²) < 4.78 is 1.28. The second kappa shape index (κ2) is 10.3. The quantitative estimate of drug-likeness (QED) is 0.194. The van der Waals surface area contributed by atoms with Crippen molar-refractivity contribution in [3.8, 4) is 45.3 Å². The van der Waals surface area contributed by atoms with Crippen LogP contribution < -0.4 is 0 Å². The van der Waals surface area contributed by atoms with Crippen LogP contribution in [0.25, 0.3) is 55.4 Å². The van der Waals surface area contributed by atoms with Gasteiger partial charge in [-0.2, -0.15) is 0 Å². The number of aromatic nitrogens is 3. The van der Waals surface area contributed by atoms with Crippen molar-refractivity contribution in [3.05, 3.63) is 173 Å². The minimum Gasteiger partial charge on any atom is -0.208 e. The highest BCUT2D eigenvalue weighted by Gasteiger charge is 2.51. The fourth-order valence-electron chi connectivity index (χ4n) is 7.60. The highest BCUT2D eigenvalue weighted by Crippen LogP contribution is 2.64. The Morgan fingerprint density at radius 3 is 1.64 bits per heavy atom. The van der Waals surface area contributed by atoms with Crippen molar-refractivity contribution in [2.75, 3.05) is 0 Å². The zero-order valence-corrected chi connectivity index (χ0v) is 26.7. The third kappa shape index (κ3) is 3.84. The topological polar surface area (TPSA) is 38.7 Å². The number of fused-ring (bicyclic) bond motifs is 11. The molecular weight excluding hydrogens is 611 g/mol. The summed E-state index contributed by atoms with van der Waals surface area (Å²) in [6, 6.07) is 52.0. The van der Waals surface area contributed by atoms with Gasteiger partial charge in [-0.15, -0.1) is 11.3 Å². The number of nitrogens with zero attached hydrogens (tertiary/aromatic N) is 3. The molecule has 3 nitrogen and oxygen atoms in total. The molecular formula is C42H25N3S2. The van der Waals surface area contributed by atoms with Crippen molar-refractivity contribution >= 4 is 33.2 Å². The predicted octanol–water partition coefficient (Wildman–Crippen LogP) is 10.9. The summed E-state index contributed by atoms with van der Waals surface area (Å²) in [5.41, 5.74) is 10.2. The first-order valence-corrected chi connectivity index (χ1v) is 17.4. The lowest BCUT2D eigenvalue weighted by molar-refractivity contribution is 0.723. The smallest absolute Gasteiger partial charge is 0.164 e. The van der Waals surface area contributed by atoms with Gasteiger partial charge in [0.2, 0.25) is 0 Å². The van der Waals surface area contributed by atoms with E-state index in [-0.39, 0.29) is 0 Å². The molecule has 0 saturated carbocycles. The molecule has 0 N–H and O–H groups in total. The molecule has 1 aliphatic heterocycles. The SMILES string of the molecule is c1ccc(-c2nc(-c3ccccc3)nc(-c3cccc4c3-c3c(ccc5sccc35)C43c4ccccc4Sc4ccccc43)n2)cc1. The summed E-state index contributed by atoms with van der Waals surface area (Å²) in [6.07, 6.45) is 0. The summed E-state index contributed by atoms with van der Waals surface area (Å²) in [7, 11) is 0. The standard InChI is InChI=1S/C42H25N3S2/c1-3-12-26(13-4-1)39-43-40(27-14-5-2-6-15-27)45-41(44-39)29-16-11-19-32-38(29)37-28-24-25-46-34(28)23-22-33(37)42(32)30-17-7-9-20-35(30)47-36-21-10-8-18-31(36)42/h1-25H. The van der Waals surface area contributed by atoms with E-state index in [4.69, 9.17) is 15.0 Å². The highest BCUT2D eigenvalue weighted by atomic mass is 32.2. The molecule has 5 heteroatoms. The Balaban J connectivity index is 1.34. The average molecular weight is 636 g/mol. The first kappa shape index (κ1) is 26.8. The molecule has 2 aromatic heterocycles. The van der Waals surface area contributed by atoms with Crippen LogP contribution >= 0.6 is 23.1 Å². The maximum atomic E-state index is 5.22. The van der Waals surface area contributed by atoms with E-state index in [1.165, 1.54) is 53.3 Å². The first-order valence-electron chi connectivity index (χ1n) is 15.7. The first-order chi connectivity index (χ1) is 23.3. The van der Waals surface area contributed by atoms with Crippen molar-refractivity contribution < 1.29 is 0 Å². The second-order valence-electron chi connectivity index (χ2n) is 11.9. The third-order valence-electron chi connectivity index (χ3n) is 9.50. The minimum atomic E-state index is -0.479. The summed E-state index contributed by atoms with van der Waals surface area (Å²) in [6.45, 7) is 0. The lowest BCUT2D eigenvalue weighted by Crippen LogP contribution is -2.31. The predicted molar refractivity (Wildman–Crippen MR) is 193 cm³/mol. The molecule has 0 unspecified atom stereocenters. The highest BCUT2D eigenvalue weighted by molar-refractivity contribution is 7.99. The Hall–Kier alpha value is -5.36. The molecule has 2 aliphatic rings. The van der Waals surface area contributed by atoms with Gasteiger partial charge in [-0.25, -0.2) is 15.0 Å². The largest absolute Gasteiger partial charge is 0.208 e. The molecule has 220 valence electrons. The van der Waals surface area contributed by atoms with E-state index < -0.39 is 5.41 Å². The Kier molecular flexibility index (Phi) is 5.89. The Labute approximate surface area is 280 Å². The van der Waals surface area contributed by atoms with Crippen LogP contribution in [-0.4, -0.2) is 15.0 Å². The van der Waals surface area contributed by atoms with Crippen molar-refractivity contribution in [1.29, 1.82) is 0 Å². The molecule has 6 aromatic carbocycles. The number of hydrogen-bond donors (Lipinski definition) is 0. The summed E-state index contributed by atoms with van der Waals surface area (Å²) in [5, 5.41) is 3.48. The van der Waals surface area contributed by atoms with Crippen LogP contribution in [0.3, 0.4) is 0 Å². The molecule has 8 aromatic rings. The fourth-order valence-corrected chi connectivity index (χ4v) is 9.58. The lowest BCUT2D eigenvalue weighted by Gasteiger charge is -2.39. The van der Waals surface area contributed by atoms with Gasteiger partial charge in [0.05, 0.1) is 5.41 Å². The number of thiophene rings is 1. The van der Waals surface area contributed by atoms with E-state index in [0.29, 0.717) is 17.5 Å². The molecule has 47 heavy (non-hydrogen) atoms. The van der Waals surface area contributed by atoms with Crippen LogP contribution in [-0.2, 0) is 5.41 Å². The van der Waals surface area contributed by atoms with Gasteiger partial charge in [-0.1, -0.05) is 133 Å². The Bertz CT molecular complexity index is 2400. The van der Waals surface area contributed by atoms with Crippen molar-refractivity contribution in [2.45, 2.75) is 15.2 Å². The van der Waals surface area contributed by atoms with Crippen molar-refractivity contribution in [2.24, 2.45) is 0 Å². The lowest BCUT2D eigenvalue weighted by atomic mass is 9.67. The molecule has 0 radical (unpaired) electrons. The number of hydrogen-bond acceptors (Lipinski definition) is 5. The minimum absolute atomic E-state index is 0.479. The summed E-state index contributed by atoms with van der Waals surface area (Å²) >= 11 is 3.66. The van der Waals surface area contributed by atoms with Crippen LogP contribution in [0.4, 0.5) is 0 Å². The summed E-state index contributed by atoms with van der Waals surface area (Å²) in [5.74, 6) is 2.01. The third-order valence-corrected chi connectivity index (χ3v) is 11.5. The summed E-state index contributed by atoms with van der Waals surface area (Å²) in [4.78, 5) is 18.0. The van der Waals surface area contributed by atoms with Gasteiger partial charge < -0.3 is 0 Å². The molecule has 0 bridgehead atoms. The molecule has 0 saturated heterocycles. The van der Waals surface area contributed by atoms with Gasteiger partial charge in [0.15, 0.2) is 17.5 Å². The van der Waals surface area contributed by atoms with E-state index in [1.807, 2.05) is 48.2 Å². The molecule has 1 spiro atoms. The molecule has 0 fully saturated rings. The van der Waals surface area contributed by atoms with Gasteiger partial charge in [0, 0.05) is 36.6 Å². The van der Waals surface area contributed by atoms with E-state index in [0.717, 1.165) is 16.7 Å². The number of benzene rings is 6.